The molecule has 0 aromatic heterocycles. The molecule has 1 aliphatic heterocycles. The van der Waals surface area contributed by atoms with E-state index in [1.54, 1.807) is 20.8 Å². The van der Waals surface area contributed by atoms with Crippen molar-refractivity contribution < 1.29 is 18.7 Å². The summed E-state index contributed by atoms with van der Waals surface area (Å²) in [5, 5.41) is 0. The number of nitrogens with zero attached hydrogens (tertiary/aromatic N) is 1. The number of carbonyl (C=O) groups excluding carboxylic acids is 1. The summed E-state index contributed by atoms with van der Waals surface area (Å²) in [4.78, 5) is 13.4. The number of piperidine rings is 1. The van der Waals surface area contributed by atoms with Gasteiger partial charge in [0.15, 0.2) is 0 Å². The monoisotopic (exact) mass is 275 g/mol. The van der Waals surface area contributed by atoms with Crippen molar-refractivity contribution in [3.63, 3.8) is 0 Å². The van der Waals surface area contributed by atoms with Crippen LogP contribution in [0.3, 0.4) is 0 Å². The van der Waals surface area contributed by atoms with Gasteiger partial charge in [0.2, 0.25) is 0 Å². The van der Waals surface area contributed by atoms with Gasteiger partial charge in [-0.2, -0.15) is 0 Å². The molecule has 1 heterocycles. The Kier molecular flexibility index (Phi) is 4.82. The molecule has 112 valence electrons. The standard InChI is InChI=1S/C14H26FNO3/c1-7-18-11-10(15)8-16(9-14(11,5)6)12(17)19-13(2,3)4/h10-11H,7-9H2,1-6H3. The normalized spacial score (nSPS) is 27.2. The lowest BCUT2D eigenvalue weighted by molar-refractivity contribution is -0.112. The topological polar surface area (TPSA) is 38.8 Å². The fourth-order valence-corrected chi connectivity index (χ4v) is 2.42. The highest BCUT2D eigenvalue weighted by Gasteiger charge is 2.45. The lowest BCUT2D eigenvalue weighted by Gasteiger charge is -2.45. The van der Waals surface area contributed by atoms with Crippen molar-refractivity contribution in [1.29, 1.82) is 0 Å². The van der Waals surface area contributed by atoms with E-state index in [0.29, 0.717) is 13.2 Å². The molecular formula is C14H26FNO3. The molecule has 2 unspecified atom stereocenters. The number of rotatable bonds is 2. The summed E-state index contributed by atoms with van der Waals surface area (Å²) in [6, 6.07) is 0. The van der Waals surface area contributed by atoms with Crippen LogP contribution < -0.4 is 0 Å². The van der Waals surface area contributed by atoms with Crippen LogP contribution in [0.15, 0.2) is 0 Å². The largest absolute Gasteiger partial charge is 0.444 e. The molecule has 0 spiro atoms. The van der Waals surface area contributed by atoms with Crippen LogP contribution in [0.4, 0.5) is 9.18 Å². The van der Waals surface area contributed by atoms with Gasteiger partial charge in [-0.25, -0.2) is 9.18 Å². The van der Waals surface area contributed by atoms with Gasteiger partial charge in [-0.1, -0.05) is 13.8 Å². The molecule has 0 aromatic carbocycles. The van der Waals surface area contributed by atoms with Gasteiger partial charge in [0.1, 0.15) is 11.8 Å². The van der Waals surface area contributed by atoms with Crippen LogP contribution in [0, 0.1) is 5.41 Å². The summed E-state index contributed by atoms with van der Waals surface area (Å²) in [5.74, 6) is 0. The molecule has 0 saturated carbocycles. The first-order valence-corrected chi connectivity index (χ1v) is 6.80. The summed E-state index contributed by atoms with van der Waals surface area (Å²) >= 11 is 0. The molecule has 1 fully saturated rings. The Labute approximate surface area is 115 Å². The van der Waals surface area contributed by atoms with Gasteiger partial charge in [0, 0.05) is 18.6 Å². The van der Waals surface area contributed by atoms with Crippen molar-refractivity contribution in [3.05, 3.63) is 0 Å². The van der Waals surface area contributed by atoms with Gasteiger partial charge >= 0.3 is 6.09 Å². The van der Waals surface area contributed by atoms with E-state index >= 15 is 0 Å². The summed E-state index contributed by atoms with van der Waals surface area (Å²) in [7, 11) is 0. The summed E-state index contributed by atoms with van der Waals surface area (Å²) < 4.78 is 25.0. The van der Waals surface area contributed by atoms with Crippen LogP contribution in [0.1, 0.15) is 41.5 Å². The Bertz CT molecular complexity index is 325. The Morgan fingerprint density at radius 1 is 1.42 bits per heavy atom. The summed E-state index contributed by atoms with van der Waals surface area (Å²) in [6.07, 6.45) is -2.12. The van der Waals surface area contributed by atoms with Crippen LogP contribution in [0.2, 0.25) is 0 Å². The van der Waals surface area contributed by atoms with Crippen LogP contribution in [-0.2, 0) is 9.47 Å². The molecule has 0 aromatic rings. The molecule has 4 nitrogen and oxygen atoms in total. The number of carbonyl (C=O) groups is 1. The molecule has 5 heteroatoms. The lowest BCUT2D eigenvalue weighted by atomic mass is 9.80. The quantitative estimate of drug-likeness (QED) is 0.777. The van der Waals surface area contributed by atoms with E-state index < -0.39 is 29.4 Å². The maximum atomic E-state index is 14.2. The van der Waals surface area contributed by atoms with E-state index in [1.165, 1.54) is 4.90 Å². The second kappa shape index (κ2) is 5.65. The van der Waals surface area contributed by atoms with Crippen LogP contribution >= 0.6 is 0 Å². The fourth-order valence-electron chi connectivity index (χ4n) is 2.42. The summed E-state index contributed by atoms with van der Waals surface area (Å²) in [6.45, 7) is 12.0. The van der Waals surface area contributed by atoms with Crippen LogP contribution in [0.5, 0.6) is 0 Å². The molecule has 1 rings (SSSR count). The third-order valence-corrected chi connectivity index (χ3v) is 3.09. The minimum Gasteiger partial charge on any atom is -0.444 e. The van der Waals surface area contributed by atoms with Gasteiger partial charge in [0.05, 0.1) is 12.6 Å². The van der Waals surface area contributed by atoms with Crippen molar-refractivity contribution >= 4 is 6.09 Å². The highest BCUT2D eigenvalue weighted by atomic mass is 19.1. The number of amides is 1. The van der Waals surface area contributed by atoms with E-state index in [-0.39, 0.29) is 6.54 Å². The third-order valence-electron chi connectivity index (χ3n) is 3.09. The van der Waals surface area contributed by atoms with Crippen molar-refractivity contribution in [2.24, 2.45) is 5.41 Å². The Hall–Kier alpha value is -0.840. The minimum absolute atomic E-state index is 0.0308. The van der Waals surface area contributed by atoms with Gasteiger partial charge in [-0.3, -0.25) is 0 Å². The van der Waals surface area contributed by atoms with E-state index in [2.05, 4.69) is 0 Å². The fraction of sp³-hybridized carbons (Fsp3) is 0.929. The Morgan fingerprint density at radius 3 is 2.42 bits per heavy atom. The second-order valence-corrected chi connectivity index (χ2v) is 6.74. The number of hydrogen-bond acceptors (Lipinski definition) is 3. The molecule has 19 heavy (non-hydrogen) atoms. The van der Waals surface area contributed by atoms with E-state index in [0.717, 1.165) is 0 Å². The first-order valence-electron chi connectivity index (χ1n) is 6.80. The molecular weight excluding hydrogens is 249 g/mol. The van der Waals surface area contributed by atoms with E-state index in [9.17, 15) is 9.18 Å². The average Bonchev–Trinajstić information content (AvgIpc) is 2.20. The second-order valence-electron chi connectivity index (χ2n) is 6.74. The molecule has 1 aliphatic rings. The molecule has 0 bridgehead atoms. The predicted octanol–water partition coefficient (Wildman–Crippen LogP) is 3.01. The highest BCUT2D eigenvalue weighted by molar-refractivity contribution is 5.68. The molecule has 1 saturated heterocycles. The highest BCUT2D eigenvalue weighted by Crippen LogP contribution is 2.34. The summed E-state index contributed by atoms with van der Waals surface area (Å²) in [5.41, 5.74) is -0.992. The first-order chi connectivity index (χ1) is 8.57. The number of halogens is 1. The lowest BCUT2D eigenvalue weighted by Crippen LogP contribution is -2.58. The van der Waals surface area contributed by atoms with Gasteiger partial charge in [0.25, 0.3) is 0 Å². The molecule has 1 amide bonds. The number of ether oxygens (including phenoxy) is 2. The van der Waals surface area contributed by atoms with Crippen molar-refractivity contribution in [3.8, 4) is 0 Å². The molecule has 2 atom stereocenters. The number of hydrogen-bond donors (Lipinski definition) is 0. The Morgan fingerprint density at radius 2 is 2.00 bits per heavy atom. The zero-order valence-corrected chi connectivity index (χ0v) is 12.8. The van der Waals surface area contributed by atoms with Crippen LogP contribution in [0.25, 0.3) is 0 Å². The minimum atomic E-state index is -1.18. The first kappa shape index (κ1) is 16.2. The zero-order valence-electron chi connectivity index (χ0n) is 12.8. The smallest absolute Gasteiger partial charge is 0.410 e. The molecule has 0 radical (unpaired) electrons. The zero-order chi connectivity index (χ0) is 14.8. The van der Waals surface area contributed by atoms with Gasteiger partial charge in [-0.05, 0) is 27.7 Å². The number of likely N-dealkylation sites (tertiary alicyclic amines) is 1. The Balaban J connectivity index is 2.74. The van der Waals surface area contributed by atoms with Crippen molar-refractivity contribution in [2.45, 2.75) is 59.4 Å². The molecule has 0 N–H and O–H groups in total. The van der Waals surface area contributed by atoms with E-state index in [4.69, 9.17) is 9.47 Å². The van der Waals surface area contributed by atoms with Crippen molar-refractivity contribution in [2.75, 3.05) is 19.7 Å². The van der Waals surface area contributed by atoms with Gasteiger partial charge < -0.3 is 14.4 Å². The van der Waals surface area contributed by atoms with E-state index in [1.807, 2.05) is 20.8 Å². The van der Waals surface area contributed by atoms with Crippen molar-refractivity contribution in [1.82, 2.24) is 4.90 Å². The predicted molar refractivity (Wildman–Crippen MR) is 71.9 cm³/mol. The molecule has 0 aliphatic carbocycles. The SMILES string of the molecule is CCOC1C(F)CN(C(=O)OC(C)(C)C)CC1(C)C. The maximum Gasteiger partial charge on any atom is 0.410 e. The average molecular weight is 275 g/mol. The number of alkyl halides is 1. The maximum absolute atomic E-state index is 14.2. The third kappa shape index (κ3) is 4.34. The van der Waals surface area contributed by atoms with Gasteiger partial charge in [-0.15, -0.1) is 0 Å². The van der Waals surface area contributed by atoms with Crippen LogP contribution in [-0.4, -0.2) is 48.6 Å².